The van der Waals surface area contributed by atoms with Gasteiger partial charge in [-0.25, -0.2) is 4.39 Å². The van der Waals surface area contributed by atoms with Crippen molar-refractivity contribution in [2.24, 2.45) is 0 Å². The summed E-state index contributed by atoms with van der Waals surface area (Å²) in [7, 11) is 3.15. The van der Waals surface area contributed by atoms with E-state index in [4.69, 9.17) is 10.1 Å². The van der Waals surface area contributed by atoms with Crippen LogP contribution in [0.4, 0.5) is 4.39 Å². The van der Waals surface area contributed by atoms with Gasteiger partial charge in [-0.3, -0.25) is 19.9 Å². The number of nitrogens with zero attached hydrogens (tertiary/aromatic N) is 2. The van der Waals surface area contributed by atoms with Crippen LogP contribution in [0, 0.1) is 11.2 Å². The number of benzene rings is 4. The van der Waals surface area contributed by atoms with Crippen molar-refractivity contribution in [3.05, 3.63) is 137 Å². The van der Waals surface area contributed by atoms with Crippen LogP contribution >= 0.6 is 0 Å². The maximum Gasteiger partial charge on any atom is 0.264 e. The molecule has 2 amide bonds. The fourth-order valence-corrected chi connectivity index (χ4v) is 5.03. The van der Waals surface area contributed by atoms with E-state index in [0.717, 1.165) is 16.7 Å². The average Bonchev–Trinajstić information content (AvgIpc) is 3.24. The van der Waals surface area contributed by atoms with Gasteiger partial charge in [0.2, 0.25) is 0 Å². The molecular formula is C32H29FN4O3. The van der Waals surface area contributed by atoms with E-state index >= 15 is 0 Å². The van der Waals surface area contributed by atoms with Crippen LogP contribution in [-0.2, 0) is 23.4 Å². The minimum atomic E-state index is -1.25. The van der Waals surface area contributed by atoms with E-state index in [2.05, 4.69) is 5.32 Å². The monoisotopic (exact) mass is 536 g/mol. The molecule has 4 aromatic carbocycles. The number of guanidine groups is 1. The number of amides is 2. The maximum atomic E-state index is 14.1. The van der Waals surface area contributed by atoms with Crippen LogP contribution in [0.2, 0.25) is 0 Å². The summed E-state index contributed by atoms with van der Waals surface area (Å²) in [6, 6.07) is 29.9. The first kappa shape index (κ1) is 26.6. The summed E-state index contributed by atoms with van der Waals surface area (Å²) in [5.74, 6) is -0.551. The van der Waals surface area contributed by atoms with E-state index in [1.165, 1.54) is 29.0 Å². The van der Waals surface area contributed by atoms with Crippen LogP contribution < -0.4 is 10.1 Å². The third kappa shape index (κ3) is 4.91. The lowest BCUT2D eigenvalue weighted by molar-refractivity contribution is -0.130. The second-order valence-electron chi connectivity index (χ2n) is 9.67. The number of methoxy groups -OCH3 is 1. The first-order valence-electron chi connectivity index (χ1n) is 12.8. The maximum absolute atomic E-state index is 14.1. The van der Waals surface area contributed by atoms with Crippen molar-refractivity contribution in [2.75, 3.05) is 14.2 Å². The Balaban J connectivity index is 1.44. The predicted octanol–water partition coefficient (Wildman–Crippen LogP) is 4.92. The number of rotatable bonds is 8. The second kappa shape index (κ2) is 11.0. The van der Waals surface area contributed by atoms with E-state index in [-0.39, 0.29) is 36.7 Å². The van der Waals surface area contributed by atoms with Crippen molar-refractivity contribution in [1.82, 2.24) is 15.1 Å². The zero-order valence-corrected chi connectivity index (χ0v) is 22.2. The molecule has 8 heteroatoms. The van der Waals surface area contributed by atoms with Crippen molar-refractivity contribution in [1.29, 1.82) is 5.41 Å². The van der Waals surface area contributed by atoms with Crippen molar-refractivity contribution in [3.8, 4) is 5.75 Å². The normalized spacial score (nSPS) is 14.1. The van der Waals surface area contributed by atoms with Crippen LogP contribution in [0.15, 0.2) is 103 Å². The standard InChI is InChI=1S/C32H29FN4O3/c1-36(20-22-13-16-26(33)17-14-22)29(38)27-19-23(15-18-28(27)40-2)21-37-30(39)32(35-31(37)34,24-9-5-3-6-10-24)25-11-7-4-8-12-25/h3-19H,20-21H2,1-2H3,(H2,34,35). The molecule has 1 aliphatic heterocycles. The topological polar surface area (TPSA) is 85.7 Å². The van der Waals surface area contributed by atoms with Crippen LogP contribution in [0.25, 0.3) is 0 Å². The van der Waals surface area contributed by atoms with Crippen molar-refractivity contribution >= 4 is 17.8 Å². The summed E-state index contributed by atoms with van der Waals surface area (Å²) in [6.07, 6.45) is 0. The van der Waals surface area contributed by atoms with Gasteiger partial charge in [0.15, 0.2) is 11.5 Å². The molecule has 0 atom stereocenters. The molecule has 1 aliphatic rings. The molecule has 1 heterocycles. The number of ether oxygens (including phenoxy) is 1. The molecule has 7 nitrogen and oxygen atoms in total. The van der Waals surface area contributed by atoms with Crippen LogP contribution in [-0.4, -0.2) is 41.7 Å². The molecule has 0 radical (unpaired) electrons. The first-order valence-corrected chi connectivity index (χ1v) is 12.8. The van der Waals surface area contributed by atoms with Gasteiger partial charge in [-0.2, -0.15) is 0 Å². The van der Waals surface area contributed by atoms with E-state index in [1.807, 2.05) is 60.7 Å². The predicted molar refractivity (Wildman–Crippen MR) is 150 cm³/mol. The summed E-state index contributed by atoms with van der Waals surface area (Å²) in [5.41, 5.74) is 1.98. The molecule has 202 valence electrons. The van der Waals surface area contributed by atoms with E-state index in [9.17, 15) is 14.0 Å². The van der Waals surface area contributed by atoms with Gasteiger partial charge in [0.25, 0.3) is 11.8 Å². The second-order valence-corrected chi connectivity index (χ2v) is 9.67. The lowest BCUT2D eigenvalue weighted by atomic mass is 9.82. The number of halogens is 1. The Kier molecular flexibility index (Phi) is 7.33. The number of carbonyl (C=O) groups is 2. The summed E-state index contributed by atoms with van der Waals surface area (Å²) in [5, 5.41) is 11.9. The largest absolute Gasteiger partial charge is 0.496 e. The summed E-state index contributed by atoms with van der Waals surface area (Å²) >= 11 is 0. The van der Waals surface area contributed by atoms with Gasteiger partial charge in [0, 0.05) is 13.6 Å². The number of nitrogens with one attached hydrogen (secondary N) is 2. The highest BCUT2D eigenvalue weighted by Crippen LogP contribution is 2.36. The number of carbonyl (C=O) groups excluding carboxylic acids is 2. The molecule has 0 bridgehead atoms. The zero-order chi connectivity index (χ0) is 28.3. The lowest BCUT2D eigenvalue weighted by Crippen LogP contribution is -2.45. The van der Waals surface area contributed by atoms with Gasteiger partial charge in [0.05, 0.1) is 19.2 Å². The molecule has 0 unspecified atom stereocenters. The van der Waals surface area contributed by atoms with Gasteiger partial charge in [-0.15, -0.1) is 0 Å². The molecule has 0 saturated carbocycles. The number of hydrogen-bond acceptors (Lipinski definition) is 4. The Bertz CT molecular complexity index is 1500. The Morgan fingerprint density at radius 1 is 0.925 bits per heavy atom. The highest BCUT2D eigenvalue weighted by molar-refractivity contribution is 6.10. The molecule has 40 heavy (non-hydrogen) atoms. The molecule has 1 fully saturated rings. The molecule has 4 aromatic rings. The molecular weight excluding hydrogens is 507 g/mol. The van der Waals surface area contributed by atoms with Gasteiger partial charge >= 0.3 is 0 Å². The Morgan fingerprint density at radius 2 is 1.50 bits per heavy atom. The Labute approximate surface area is 232 Å². The third-order valence-electron chi connectivity index (χ3n) is 7.07. The fraction of sp³-hybridized carbons (Fsp3) is 0.156. The molecule has 5 rings (SSSR count). The Morgan fingerprint density at radius 3 is 2.08 bits per heavy atom. The van der Waals surface area contributed by atoms with Gasteiger partial charge in [-0.1, -0.05) is 78.9 Å². The molecule has 1 saturated heterocycles. The van der Waals surface area contributed by atoms with E-state index in [0.29, 0.717) is 16.9 Å². The zero-order valence-electron chi connectivity index (χ0n) is 22.2. The first-order chi connectivity index (χ1) is 19.3. The summed E-state index contributed by atoms with van der Waals surface area (Å²) in [6.45, 7) is 0.361. The van der Waals surface area contributed by atoms with E-state index in [1.54, 1.807) is 37.4 Å². The summed E-state index contributed by atoms with van der Waals surface area (Å²) in [4.78, 5) is 30.5. The number of hydrogen-bond donors (Lipinski definition) is 2. The third-order valence-corrected chi connectivity index (χ3v) is 7.07. The van der Waals surface area contributed by atoms with Gasteiger partial charge < -0.3 is 15.0 Å². The van der Waals surface area contributed by atoms with Crippen molar-refractivity contribution < 1.29 is 18.7 Å². The van der Waals surface area contributed by atoms with Crippen LogP contribution in [0.5, 0.6) is 5.75 Å². The molecule has 2 N–H and O–H groups in total. The summed E-state index contributed by atoms with van der Waals surface area (Å²) < 4.78 is 18.8. The highest BCUT2D eigenvalue weighted by Gasteiger charge is 2.52. The molecule has 0 aromatic heterocycles. The molecule has 0 spiro atoms. The van der Waals surface area contributed by atoms with Crippen molar-refractivity contribution in [2.45, 2.75) is 18.6 Å². The Hall–Kier alpha value is -4.98. The van der Waals surface area contributed by atoms with Gasteiger partial charge in [0.1, 0.15) is 11.6 Å². The van der Waals surface area contributed by atoms with Gasteiger partial charge in [-0.05, 0) is 46.5 Å². The lowest BCUT2D eigenvalue weighted by Gasteiger charge is -2.28. The quantitative estimate of drug-likeness (QED) is 0.335. The molecule has 0 aliphatic carbocycles. The SMILES string of the molecule is COc1ccc(CN2C(=N)NC(c3ccccc3)(c3ccccc3)C2=O)cc1C(=O)N(C)Cc1ccc(F)cc1. The minimum absolute atomic E-state index is 0.0326. The van der Waals surface area contributed by atoms with E-state index < -0.39 is 5.54 Å². The van der Waals surface area contributed by atoms with Crippen LogP contribution in [0.1, 0.15) is 32.6 Å². The average molecular weight is 537 g/mol. The highest BCUT2D eigenvalue weighted by atomic mass is 19.1. The minimum Gasteiger partial charge on any atom is -0.496 e. The fourth-order valence-electron chi connectivity index (χ4n) is 5.03. The van der Waals surface area contributed by atoms with Crippen LogP contribution in [0.3, 0.4) is 0 Å². The van der Waals surface area contributed by atoms with Crippen molar-refractivity contribution in [3.63, 3.8) is 0 Å². The smallest absolute Gasteiger partial charge is 0.264 e.